The maximum atomic E-state index is 13.2. The van der Waals surface area contributed by atoms with E-state index in [1.54, 1.807) is 0 Å². The van der Waals surface area contributed by atoms with E-state index in [0.717, 1.165) is 18.2 Å². The molecular formula is C13H7Cl2FN2O2S. The van der Waals surface area contributed by atoms with Gasteiger partial charge in [-0.15, -0.1) is 0 Å². The predicted octanol–water partition coefficient (Wildman–Crippen LogP) is 3.80. The van der Waals surface area contributed by atoms with Gasteiger partial charge in [-0.1, -0.05) is 23.2 Å². The smallest absolute Gasteiger partial charge is 0.263 e. The van der Waals surface area contributed by atoms with Crippen LogP contribution in [0.2, 0.25) is 10.0 Å². The Morgan fingerprint density at radius 1 is 1.14 bits per heavy atom. The molecule has 0 aliphatic heterocycles. The van der Waals surface area contributed by atoms with E-state index in [0.29, 0.717) is 0 Å². The summed E-state index contributed by atoms with van der Waals surface area (Å²) in [6.45, 7) is 0. The van der Waals surface area contributed by atoms with Crippen LogP contribution in [0.15, 0.2) is 41.3 Å². The Morgan fingerprint density at radius 3 is 2.52 bits per heavy atom. The van der Waals surface area contributed by atoms with Gasteiger partial charge in [0.15, 0.2) is 0 Å². The lowest BCUT2D eigenvalue weighted by molar-refractivity contribution is 0.595. The van der Waals surface area contributed by atoms with E-state index in [4.69, 9.17) is 28.5 Å². The van der Waals surface area contributed by atoms with Crippen LogP contribution in [-0.2, 0) is 10.0 Å². The zero-order valence-corrected chi connectivity index (χ0v) is 12.6. The van der Waals surface area contributed by atoms with Gasteiger partial charge in [0.2, 0.25) is 0 Å². The lowest BCUT2D eigenvalue weighted by atomic mass is 10.2. The predicted molar refractivity (Wildman–Crippen MR) is 78.4 cm³/mol. The van der Waals surface area contributed by atoms with Crippen LogP contribution in [0.3, 0.4) is 0 Å². The van der Waals surface area contributed by atoms with Crippen molar-refractivity contribution in [3.05, 3.63) is 57.8 Å². The van der Waals surface area contributed by atoms with Gasteiger partial charge in [-0.3, -0.25) is 4.72 Å². The Balaban J connectivity index is 2.50. The van der Waals surface area contributed by atoms with Crippen LogP contribution in [0.25, 0.3) is 0 Å². The number of hydrogen-bond donors (Lipinski definition) is 1. The molecule has 0 amide bonds. The highest BCUT2D eigenvalue weighted by molar-refractivity contribution is 7.92. The molecule has 108 valence electrons. The molecule has 0 aliphatic carbocycles. The molecule has 4 nitrogen and oxygen atoms in total. The van der Waals surface area contributed by atoms with Crippen molar-refractivity contribution in [3.63, 3.8) is 0 Å². The van der Waals surface area contributed by atoms with Crippen molar-refractivity contribution in [3.8, 4) is 6.07 Å². The maximum Gasteiger partial charge on any atom is 0.263 e. The average molecular weight is 345 g/mol. The summed E-state index contributed by atoms with van der Waals surface area (Å²) in [7, 11) is -4.15. The molecule has 0 fully saturated rings. The quantitative estimate of drug-likeness (QED) is 0.920. The first-order valence-corrected chi connectivity index (χ1v) is 7.75. The molecule has 21 heavy (non-hydrogen) atoms. The van der Waals surface area contributed by atoms with Crippen molar-refractivity contribution < 1.29 is 12.8 Å². The minimum Gasteiger partial charge on any atom is -0.278 e. The van der Waals surface area contributed by atoms with E-state index in [1.165, 1.54) is 18.2 Å². The Labute approximate surface area is 130 Å². The second kappa shape index (κ2) is 5.90. The van der Waals surface area contributed by atoms with Gasteiger partial charge in [0.1, 0.15) is 16.8 Å². The van der Waals surface area contributed by atoms with Crippen LogP contribution in [0.1, 0.15) is 5.56 Å². The minimum absolute atomic E-state index is 0.00896. The fourth-order valence-electron chi connectivity index (χ4n) is 1.58. The summed E-state index contributed by atoms with van der Waals surface area (Å²) in [6, 6.07) is 8.90. The third-order valence-corrected chi connectivity index (χ3v) is 4.61. The van der Waals surface area contributed by atoms with E-state index in [1.807, 2.05) is 6.07 Å². The fraction of sp³-hybridized carbons (Fsp3) is 0. The molecule has 0 aromatic heterocycles. The van der Waals surface area contributed by atoms with Crippen molar-refractivity contribution in [1.82, 2.24) is 0 Å². The standard InChI is InChI=1S/C13H7Cl2FN2O2S/c14-9-2-1-8(7-17)12(5-9)18-21(19,20)13-6-10(16)3-4-11(13)15/h1-6,18H. The van der Waals surface area contributed by atoms with Crippen molar-refractivity contribution in [2.75, 3.05) is 4.72 Å². The van der Waals surface area contributed by atoms with E-state index in [-0.39, 0.29) is 21.3 Å². The monoisotopic (exact) mass is 344 g/mol. The van der Waals surface area contributed by atoms with Gasteiger partial charge < -0.3 is 0 Å². The summed E-state index contributed by atoms with van der Waals surface area (Å²) < 4.78 is 39.9. The van der Waals surface area contributed by atoms with Crippen molar-refractivity contribution in [1.29, 1.82) is 5.26 Å². The second-order valence-electron chi connectivity index (χ2n) is 3.98. The Kier molecular flexibility index (Phi) is 4.37. The first-order valence-electron chi connectivity index (χ1n) is 5.51. The summed E-state index contributed by atoms with van der Waals surface area (Å²) >= 11 is 11.5. The maximum absolute atomic E-state index is 13.2. The third-order valence-electron chi connectivity index (χ3n) is 2.53. The number of anilines is 1. The number of hydrogen-bond acceptors (Lipinski definition) is 3. The van der Waals surface area contributed by atoms with Crippen LogP contribution < -0.4 is 4.72 Å². The number of benzene rings is 2. The van der Waals surface area contributed by atoms with E-state index < -0.39 is 20.7 Å². The van der Waals surface area contributed by atoms with Gasteiger partial charge >= 0.3 is 0 Å². The van der Waals surface area contributed by atoms with Crippen LogP contribution in [-0.4, -0.2) is 8.42 Å². The number of nitriles is 1. The highest BCUT2D eigenvalue weighted by Crippen LogP contribution is 2.27. The minimum atomic E-state index is -4.15. The molecule has 0 spiro atoms. The van der Waals surface area contributed by atoms with E-state index >= 15 is 0 Å². The summed E-state index contributed by atoms with van der Waals surface area (Å²) in [5, 5.41) is 9.07. The number of rotatable bonds is 3. The molecule has 2 rings (SSSR count). The summed E-state index contributed by atoms with van der Waals surface area (Å²) in [4.78, 5) is -0.423. The number of halogens is 3. The largest absolute Gasteiger partial charge is 0.278 e. The molecule has 0 radical (unpaired) electrons. The molecule has 0 saturated carbocycles. The average Bonchev–Trinajstić information content (AvgIpc) is 2.41. The summed E-state index contributed by atoms with van der Waals surface area (Å²) in [5.41, 5.74) is 0.0702. The van der Waals surface area contributed by atoms with Gasteiger partial charge in [0.25, 0.3) is 10.0 Å². The topological polar surface area (TPSA) is 70.0 Å². The lowest BCUT2D eigenvalue weighted by Crippen LogP contribution is -2.14. The molecule has 0 bridgehead atoms. The summed E-state index contributed by atoms with van der Waals surface area (Å²) in [5.74, 6) is -0.744. The first-order chi connectivity index (χ1) is 9.83. The number of nitrogens with one attached hydrogen (secondary N) is 1. The fourth-order valence-corrected chi connectivity index (χ4v) is 3.34. The Morgan fingerprint density at radius 2 is 1.86 bits per heavy atom. The SMILES string of the molecule is N#Cc1ccc(Cl)cc1NS(=O)(=O)c1cc(F)ccc1Cl. The van der Waals surface area contributed by atoms with Gasteiger partial charge in [0, 0.05) is 5.02 Å². The van der Waals surface area contributed by atoms with Crippen LogP contribution in [0.4, 0.5) is 10.1 Å². The molecule has 0 aliphatic rings. The zero-order chi connectivity index (χ0) is 15.6. The molecule has 0 atom stereocenters. The van der Waals surface area contributed by atoms with E-state index in [2.05, 4.69) is 4.72 Å². The highest BCUT2D eigenvalue weighted by atomic mass is 35.5. The van der Waals surface area contributed by atoms with Crippen LogP contribution in [0.5, 0.6) is 0 Å². The molecule has 0 unspecified atom stereocenters. The molecule has 8 heteroatoms. The number of sulfonamides is 1. The summed E-state index contributed by atoms with van der Waals surface area (Å²) in [6.07, 6.45) is 0. The molecule has 1 N–H and O–H groups in total. The highest BCUT2D eigenvalue weighted by Gasteiger charge is 2.20. The van der Waals surface area contributed by atoms with Crippen molar-refractivity contribution >= 4 is 38.9 Å². The van der Waals surface area contributed by atoms with Gasteiger partial charge in [-0.2, -0.15) is 5.26 Å². The van der Waals surface area contributed by atoms with Gasteiger partial charge in [-0.05, 0) is 36.4 Å². The van der Waals surface area contributed by atoms with Gasteiger partial charge in [-0.25, -0.2) is 12.8 Å². The third kappa shape index (κ3) is 3.45. The van der Waals surface area contributed by atoms with Crippen LogP contribution in [0, 0.1) is 17.1 Å². The Bertz CT molecular complexity index is 848. The number of nitrogens with zero attached hydrogens (tertiary/aromatic N) is 1. The molecule has 0 saturated heterocycles. The molecular weight excluding hydrogens is 338 g/mol. The molecule has 2 aromatic carbocycles. The second-order valence-corrected chi connectivity index (χ2v) is 6.48. The van der Waals surface area contributed by atoms with Crippen LogP contribution >= 0.6 is 23.2 Å². The first kappa shape index (κ1) is 15.6. The van der Waals surface area contributed by atoms with E-state index in [9.17, 15) is 12.8 Å². The molecule has 2 aromatic rings. The lowest BCUT2D eigenvalue weighted by Gasteiger charge is -2.11. The van der Waals surface area contributed by atoms with Gasteiger partial charge in [0.05, 0.1) is 16.3 Å². The normalized spacial score (nSPS) is 11.0. The van der Waals surface area contributed by atoms with Crippen molar-refractivity contribution in [2.45, 2.75) is 4.90 Å². The molecule has 0 heterocycles. The Hall–Kier alpha value is -1.81. The van der Waals surface area contributed by atoms with Crippen molar-refractivity contribution in [2.24, 2.45) is 0 Å². The zero-order valence-electron chi connectivity index (χ0n) is 10.3.